The smallest absolute Gasteiger partial charge is 0.340 e. The van der Waals surface area contributed by atoms with Crippen LogP contribution >= 0.6 is 47.1 Å². The van der Waals surface area contributed by atoms with Gasteiger partial charge in [-0.2, -0.15) is 5.10 Å². The maximum absolute atomic E-state index is 11.6. The molecule has 10 nitrogen and oxygen atoms in total. The molecular weight excluding hydrogens is 510 g/mol. The van der Waals surface area contributed by atoms with Crippen LogP contribution in [0.25, 0.3) is 0 Å². The second-order valence-electron chi connectivity index (χ2n) is 4.82. The number of halogens is 2. The van der Waals surface area contributed by atoms with Crippen LogP contribution in [0.3, 0.4) is 0 Å². The number of benzene rings is 1. The number of amides is 1. The molecule has 0 spiro atoms. The maximum Gasteiger partial charge on any atom is 0.340 e. The van der Waals surface area contributed by atoms with Crippen molar-refractivity contribution >= 4 is 59.2 Å². The highest BCUT2D eigenvalue weighted by molar-refractivity contribution is 9.11. The predicted molar refractivity (Wildman–Crippen MR) is 96.4 cm³/mol. The molecule has 0 aromatic heterocycles. The Bertz CT molecular complexity index is 754. The van der Waals surface area contributed by atoms with E-state index >= 15 is 0 Å². The Balaban J connectivity index is 2.69. The van der Waals surface area contributed by atoms with Gasteiger partial charge in [0.1, 0.15) is 5.75 Å². The van der Waals surface area contributed by atoms with Crippen molar-refractivity contribution in [2.45, 2.75) is 18.2 Å². The van der Waals surface area contributed by atoms with Crippen molar-refractivity contribution in [2.75, 3.05) is 0 Å². The minimum absolute atomic E-state index is 0.121. The Morgan fingerprint density at radius 3 is 2.28 bits per heavy atom. The van der Waals surface area contributed by atoms with Crippen molar-refractivity contribution in [3.05, 3.63) is 26.6 Å². The summed E-state index contributed by atoms with van der Waals surface area (Å²) in [4.78, 5) is 47.4. The van der Waals surface area contributed by atoms with Crippen molar-refractivity contribution in [2.24, 2.45) is 5.10 Å². The fourth-order valence-corrected chi connectivity index (χ4v) is 5.46. The standard InChI is InChI=1S/C11H14Br2N2O8P2/c12-7-3-6(11(17)8(13)4-7)5-14-15-9(16)1-2-10(24(18,19)20)25(21,22)23/h3-5,10,17H,1-2H2,(H,15,16)(H2,18,19,20)(H2,21,22,23)/b14-5-. The van der Waals surface area contributed by atoms with Gasteiger partial charge in [0.2, 0.25) is 5.91 Å². The molecule has 1 amide bonds. The van der Waals surface area contributed by atoms with Crippen LogP contribution in [0.5, 0.6) is 5.75 Å². The minimum atomic E-state index is -5.07. The molecular formula is C11H14Br2N2O8P2. The number of aromatic hydroxyl groups is 1. The van der Waals surface area contributed by atoms with Crippen molar-refractivity contribution in [3.63, 3.8) is 0 Å². The molecule has 0 bridgehead atoms. The van der Waals surface area contributed by atoms with Crippen LogP contribution in [0.4, 0.5) is 0 Å². The van der Waals surface area contributed by atoms with E-state index < -0.39 is 39.3 Å². The summed E-state index contributed by atoms with van der Waals surface area (Å²) in [5.74, 6) is -0.930. The van der Waals surface area contributed by atoms with Gasteiger partial charge in [-0.15, -0.1) is 0 Å². The van der Waals surface area contributed by atoms with Crippen molar-refractivity contribution in [1.82, 2.24) is 5.43 Å². The molecule has 0 aliphatic heterocycles. The Labute approximate surface area is 158 Å². The molecule has 0 atom stereocenters. The monoisotopic (exact) mass is 522 g/mol. The molecule has 0 saturated heterocycles. The average molecular weight is 524 g/mol. The first kappa shape index (κ1) is 22.5. The second kappa shape index (κ2) is 8.88. The second-order valence-corrected chi connectivity index (χ2v) is 10.6. The fourth-order valence-electron chi connectivity index (χ4n) is 1.71. The Morgan fingerprint density at radius 2 is 1.76 bits per heavy atom. The van der Waals surface area contributed by atoms with E-state index in [1.807, 2.05) is 5.43 Å². The lowest BCUT2D eigenvalue weighted by atomic mass is 10.2. The van der Waals surface area contributed by atoms with Crippen LogP contribution in [-0.4, -0.2) is 42.2 Å². The highest BCUT2D eigenvalue weighted by atomic mass is 79.9. The number of hydrogen-bond acceptors (Lipinski definition) is 5. The van der Waals surface area contributed by atoms with Crippen LogP contribution in [0.1, 0.15) is 18.4 Å². The molecule has 1 aromatic carbocycles. The number of carbonyl (C=O) groups is 1. The zero-order valence-corrected chi connectivity index (χ0v) is 17.2. The SMILES string of the molecule is O=C(CCC(P(=O)(O)O)P(=O)(O)O)N/N=C\c1cc(Br)cc(Br)c1O. The molecule has 0 fully saturated rings. The minimum Gasteiger partial charge on any atom is -0.506 e. The molecule has 14 heteroatoms. The summed E-state index contributed by atoms with van der Waals surface area (Å²) in [6.07, 6.45) is -0.151. The van der Waals surface area contributed by atoms with E-state index in [0.29, 0.717) is 8.95 Å². The Kier molecular flexibility index (Phi) is 7.97. The molecule has 0 aliphatic carbocycles. The van der Waals surface area contributed by atoms with E-state index in [4.69, 9.17) is 19.6 Å². The highest BCUT2D eigenvalue weighted by Gasteiger charge is 2.43. The number of phenolic OH excluding ortho intramolecular Hbond substituents is 1. The number of nitrogens with zero attached hydrogens (tertiary/aromatic N) is 1. The van der Waals surface area contributed by atoms with Gasteiger partial charge in [0.25, 0.3) is 0 Å². The quantitative estimate of drug-likeness (QED) is 0.178. The van der Waals surface area contributed by atoms with Gasteiger partial charge in [0.15, 0.2) is 5.40 Å². The largest absolute Gasteiger partial charge is 0.506 e. The molecule has 0 aliphatic rings. The van der Waals surface area contributed by atoms with Gasteiger partial charge in [-0.25, -0.2) is 5.43 Å². The van der Waals surface area contributed by atoms with Gasteiger partial charge in [-0.1, -0.05) is 15.9 Å². The zero-order chi connectivity index (χ0) is 19.4. The van der Waals surface area contributed by atoms with Crippen LogP contribution in [0.15, 0.2) is 26.2 Å². The first-order valence-electron chi connectivity index (χ1n) is 6.42. The van der Waals surface area contributed by atoms with Gasteiger partial charge < -0.3 is 24.7 Å². The van der Waals surface area contributed by atoms with Crippen molar-refractivity contribution in [1.29, 1.82) is 0 Å². The number of hydrazone groups is 1. The maximum atomic E-state index is 11.6. The van der Waals surface area contributed by atoms with E-state index in [0.717, 1.165) is 6.21 Å². The number of rotatable bonds is 7. The number of phenols is 1. The third kappa shape index (κ3) is 7.28. The lowest BCUT2D eigenvalue weighted by Crippen LogP contribution is -2.20. The van der Waals surface area contributed by atoms with Crippen LogP contribution < -0.4 is 5.43 Å². The molecule has 140 valence electrons. The summed E-state index contributed by atoms with van der Waals surface area (Å²) in [5, 5.41) is 11.1. The van der Waals surface area contributed by atoms with E-state index in [2.05, 4.69) is 37.0 Å². The topological polar surface area (TPSA) is 177 Å². The van der Waals surface area contributed by atoms with Crippen molar-refractivity contribution in [3.8, 4) is 5.75 Å². The molecule has 0 saturated carbocycles. The number of nitrogens with one attached hydrogen (secondary N) is 1. The summed E-state index contributed by atoms with van der Waals surface area (Å²) >= 11 is 6.33. The van der Waals surface area contributed by atoms with E-state index in [9.17, 15) is 19.0 Å². The summed E-state index contributed by atoms with van der Waals surface area (Å²) < 4.78 is 23.2. The van der Waals surface area contributed by atoms with Crippen molar-refractivity contribution < 1.29 is 38.6 Å². The third-order valence-corrected chi connectivity index (χ3v) is 7.79. The van der Waals surface area contributed by atoms with E-state index in [1.54, 1.807) is 6.07 Å². The Hall–Kier alpha value is -0.580. The van der Waals surface area contributed by atoms with E-state index in [-0.39, 0.29) is 11.3 Å². The first-order chi connectivity index (χ1) is 11.3. The molecule has 1 rings (SSSR count). The van der Waals surface area contributed by atoms with E-state index in [1.165, 1.54) is 6.07 Å². The normalized spacial score (nSPS) is 12.8. The summed E-state index contributed by atoms with van der Waals surface area (Å²) in [5.41, 5.74) is 2.31. The van der Waals surface area contributed by atoms with Crippen LogP contribution in [-0.2, 0) is 13.9 Å². The summed E-state index contributed by atoms with van der Waals surface area (Å²) in [7, 11) is -10.1. The number of carbonyl (C=O) groups excluding carboxylic acids is 1. The van der Waals surface area contributed by atoms with Gasteiger partial charge in [-0.3, -0.25) is 13.9 Å². The lowest BCUT2D eigenvalue weighted by Gasteiger charge is -2.18. The van der Waals surface area contributed by atoms with Gasteiger partial charge >= 0.3 is 15.2 Å². The summed E-state index contributed by atoms with van der Waals surface area (Å²) in [6, 6.07) is 3.11. The molecule has 25 heavy (non-hydrogen) atoms. The van der Waals surface area contributed by atoms with Crippen LogP contribution in [0, 0.1) is 0 Å². The average Bonchev–Trinajstić information content (AvgIpc) is 2.41. The predicted octanol–water partition coefficient (Wildman–Crippen LogP) is 1.83. The summed E-state index contributed by atoms with van der Waals surface area (Å²) in [6.45, 7) is 0. The first-order valence-corrected chi connectivity index (χ1v) is 11.4. The molecule has 0 unspecified atom stereocenters. The zero-order valence-electron chi connectivity index (χ0n) is 12.3. The van der Waals surface area contributed by atoms with Gasteiger partial charge in [-0.05, 0) is 34.5 Å². The lowest BCUT2D eigenvalue weighted by molar-refractivity contribution is -0.121. The highest BCUT2D eigenvalue weighted by Crippen LogP contribution is 2.61. The molecule has 0 radical (unpaired) electrons. The number of hydrogen-bond donors (Lipinski definition) is 6. The van der Waals surface area contributed by atoms with Gasteiger partial charge in [0.05, 0.1) is 10.7 Å². The molecule has 1 aromatic rings. The molecule has 0 heterocycles. The third-order valence-electron chi connectivity index (χ3n) is 2.86. The van der Waals surface area contributed by atoms with Gasteiger partial charge in [0, 0.05) is 16.5 Å². The van der Waals surface area contributed by atoms with Crippen LogP contribution in [0.2, 0.25) is 0 Å². The molecule has 6 N–H and O–H groups in total. The Morgan fingerprint density at radius 1 is 1.20 bits per heavy atom. The fraction of sp³-hybridized carbons (Fsp3) is 0.273.